The van der Waals surface area contributed by atoms with Crippen LogP contribution in [0.2, 0.25) is 0 Å². The molecule has 5 nitrogen and oxygen atoms in total. The average Bonchev–Trinajstić information content (AvgIpc) is 2.35. The molecule has 3 N–H and O–H groups in total. The van der Waals surface area contributed by atoms with E-state index in [9.17, 15) is 0 Å². The molecule has 0 aliphatic rings. The normalized spacial score (nSPS) is 10.2. The van der Waals surface area contributed by atoms with Crippen molar-refractivity contribution in [1.82, 2.24) is 9.97 Å². The number of anilines is 1. The number of rotatable bonds is 3. The molecule has 0 saturated carbocycles. The highest BCUT2D eigenvalue weighted by molar-refractivity contribution is 9.10. The number of hydrazine groups is 1. The van der Waals surface area contributed by atoms with E-state index in [0.29, 0.717) is 16.2 Å². The van der Waals surface area contributed by atoms with Gasteiger partial charge in [-0.2, -0.15) is 0 Å². The monoisotopic (exact) mass is 308 g/mol. The zero-order valence-corrected chi connectivity index (χ0v) is 11.7. The van der Waals surface area contributed by atoms with Crippen molar-refractivity contribution in [2.45, 2.75) is 13.8 Å². The summed E-state index contributed by atoms with van der Waals surface area (Å²) in [7, 11) is 0. The molecular weight excluding hydrogens is 296 g/mol. The molecule has 1 heterocycles. The minimum Gasteiger partial charge on any atom is -0.437 e. The molecular formula is C12H13BrN4O. The number of nitrogen functional groups attached to an aromatic ring is 1. The van der Waals surface area contributed by atoms with E-state index in [2.05, 4.69) is 31.3 Å². The molecule has 1 aromatic carbocycles. The summed E-state index contributed by atoms with van der Waals surface area (Å²) in [6, 6.07) is 5.95. The van der Waals surface area contributed by atoms with Crippen LogP contribution in [0.25, 0.3) is 0 Å². The van der Waals surface area contributed by atoms with E-state index >= 15 is 0 Å². The van der Waals surface area contributed by atoms with Crippen molar-refractivity contribution in [2.75, 3.05) is 5.43 Å². The first-order chi connectivity index (χ1) is 8.61. The molecule has 0 atom stereocenters. The number of nitrogens with one attached hydrogen (secondary N) is 1. The van der Waals surface area contributed by atoms with Gasteiger partial charge in [0.2, 0.25) is 5.88 Å². The number of nitrogens with two attached hydrogens (primary N) is 1. The smallest absolute Gasteiger partial charge is 0.238 e. The fraction of sp³-hybridized carbons (Fsp3) is 0.167. The molecule has 0 bridgehead atoms. The number of ether oxygens (including phenoxy) is 1. The number of halogens is 1. The molecule has 0 unspecified atom stereocenters. The molecule has 0 radical (unpaired) electrons. The highest BCUT2D eigenvalue weighted by Crippen LogP contribution is 2.32. The van der Waals surface area contributed by atoms with E-state index in [1.54, 1.807) is 0 Å². The van der Waals surface area contributed by atoms with Gasteiger partial charge in [-0.25, -0.2) is 15.8 Å². The average molecular weight is 309 g/mol. The molecule has 2 aromatic rings. The SMILES string of the molecule is Cc1ccc(Oc2ncnc(NN)c2Br)c(C)c1. The van der Waals surface area contributed by atoms with Crippen molar-refractivity contribution in [1.29, 1.82) is 0 Å². The second kappa shape index (κ2) is 5.32. The minimum absolute atomic E-state index is 0.421. The van der Waals surface area contributed by atoms with E-state index in [1.165, 1.54) is 11.9 Å². The number of aryl methyl sites for hydroxylation is 2. The van der Waals surface area contributed by atoms with Gasteiger partial charge in [0.05, 0.1) is 0 Å². The van der Waals surface area contributed by atoms with Gasteiger partial charge in [-0.3, -0.25) is 0 Å². The van der Waals surface area contributed by atoms with Gasteiger partial charge in [0.25, 0.3) is 0 Å². The van der Waals surface area contributed by atoms with Crippen LogP contribution >= 0.6 is 15.9 Å². The van der Waals surface area contributed by atoms with Crippen LogP contribution in [0.4, 0.5) is 5.82 Å². The Kier molecular flexibility index (Phi) is 3.78. The topological polar surface area (TPSA) is 73.1 Å². The summed E-state index contributed by atoms with van der Waals surface area (Å²) < 4.78 is 6.33. The maximum Gasteiger partial charge on any atom is 0.238 e. The zero-order valence-electron chi connectivity index (χ0n) is 10.1. The Morgan fingerprint density at radius 2 is 2.06 bits per heavy atom. The Balaban J connectivity index is 2.34. The first-order valence-corrected chi connectivity index (χ1v) is 6.13. The number of hydrogen-bond donors (Lipinski definition) is 2. The quantitative estimate of drug-likeness (QED) is 0.673. The number of aromatic nitrogens is 2. The van der Waals surface area contributed by atoms with E-state index in [-0.39, 0.29) is 0 Å². The molecule has 0 amide bonds. The van der Waals surface area contributed by atoms with Gasteiger partial charge in [-0.05, 0) is 41.4 Å². The van der Waals surface area contributed by atoms with Crippen molar-refractivity contribution < 1.29 is 4.74 Å². The highest BCUT2D eigenvalue weighted by Gasteiger charge is 2.11. The van der Waals surface area contributed by atoms with Crippen LogP contribution < -0.4 is 16.0 Å². The maximum absolute atomic E-state index is 5.74. The number of nitrogens with zero attached hydrogens (tertiary/aromatic N) is 2. The van der Waals surface area contributed by atoms with Crippen molar-refractivity contribution in [3.63, 3.8) is 0 Å². The summed E-state index contributed by atoms with van der Waals surface area (Å²) in [6.07, 6.45) is 1.39. The molecule has 0 spiro atoms. The highest BCUT2D eigenvalue weighted by atomic mass is 79.9. The fourth-order valence-corrected chi connectivity index (χ4v) is 1.94. The summed E-state index contributed by atoms with van der Waals surface area (Å²) in [5, 5.41) is 0. The van der Waals surface area contributed by atoms with Gasteiger partial charge >= 0.3 is 0 Å². The lowest BCUT2D eigenvalue weighted by molar-refractivity contribution is 0.455. The van der Waals surface area contributed by atoms with E-state index in [0.717, 1.165) is 11.3 Å². The van der Waals surface area contributed by atoms with Gasteiger partial charge in [-0.15, -0.1) is 0 Å². The third-order valence-electron chi connectivity index (χ3n) is 2.43. The Morgan fingerprint density at radius 1 is 1.28 bits per heavy atom. The second-order valence-corrected chi connectivity index (χ2v) is 4.65. The first-order valence-electron chi connectivity index (χ1n) is 5.34. The van der Waals surface area contributed by atoms with E-state index in [4.69, 9.17) is 10.6 Å². The second-order valence-electron chi connectivity index (χ2n) is 3.86. The van der Waals surface area contributed by atoms with Gasteiger partial charge < -0.3 is 10.2 Å². The maximum atomic E-state index is 5.74. The van der Waals surface area contributed by atoms with E-state index < -0.39 is 0 Å². The summed E-state index contributed by atoms with van der Waals surface area (Å²) in [6.45, 7) is 4.02. The Labute approximate surface area is 113 Å². The summed E-state index contributed by atoms with van der Waals surface area (Å²) in [5.74, 6) is 6.99. The summed E-state index contributed by atoms with van der Waals surface area (Å²) >= 11 is 3.35. The summed E-state index contributed by atoms with van der Waals surface area (Å²) in [4.78, 5) is 8.03. The first kappa shape index (κ1) is 12.8. The molecule has 94 valence electrons. The molecule has 2 rings (SSSR count). The molecule has 0 aliphatic heterocycles. The lowest BCUT2D eigenvalue weighted by Gasteiger charge is -2.11. The molecule has 1 aromatic heterocycles. The van der Waals surface area contributed by atoms with Crippen LogP contribution in [0, 0.1) is 13.8 Å². The predicted molar refractivity (Wildman–Crippen MR) is 73.5 cm³/mol. The number of hydrogen-bond acceptors (Lipinski definition) is 5. The van der Waals surface area contributed by atoms with Gasteiger partial charge in [0.1, 0.15) is 16.5 Å². The van der Waals surface area contributed by atoms with Crippen LogP contribution in [-0.2, 0) is 0 Å². The van der Waals surface area contributed by atoms with Gasteiger partial charge in [0, 0.05) is 0 Å². The van der Waals surface area contributed by atoms with E-state index in [1.807, 2.05) is 32.0 Å². The van der Waals surface area contributed by atoms with Crippen LogP contribution in [-0.4, -0.2) is 9.97 Å². The van der Waals surface area contributed by atoms with Crippen molar-refractivity contribution in [3.8, 4) is 11.6 Å². The van der Waals surface area contributed by atoms with Crippen molar-refractivity contribution in [3.05, 3.63) is 40.1 Å². The van der Waals surface area contributed by atoms with Crippen LogP contribution in [0.15, 0.2) is 29.0 Å². The lowest BCUT2D eigenvalue weighted by atomic mass is 10.1. The van der Waals surface area contributed by atoms with Crippen LogP contribution in [0.3, 0.4) is 0 Å². The zero-order chi connectivity index (χ0) is 13.1. The predicted octanol–water partition coefficient (Wildman–Crippen LogP) is 2.93. The van der Waals surface area contributed by atoms with Gasteiger partial charge in [0.15, 0.2) is 5.82 Å². The minimum atomic E-state index is 0.421. The Morgan fingerprint density at radius 3 is 2.72 bits per heavy atom. The molecule has 18 heavy (non-hydrogen) atoms. The fourth-order valence-electron chi connectivity index (χ4n) is 1.54. The summed E-state index contributed by atoms with van der Waals surface area (Å²) in [5.41, 5.74) is 4.70. The number of benzene rings is 1. The third-order valence-corrected chi connectivity index (χ3v) is 3.15. The van der Waals surface area contributed by atoms with Gasteiger partial charge in [-0.1, -0.05) is 17.7 Å². The standard InChI is InChI=1S/C12H13BrN4O/c1-7-3-4-9(8(2)5-7)18-12-10(13)11(17-14)15-6-16-12/h3-6H,14H2,1-2H3,(H,15,16,17). The molecule has 0 aliphatic carbocycles. The van der Waals surface area contributed by atoms with Crippen LogP contribution in [0.1, 0.15) is 11.1 Å². The largest absolute Gasteiger partial charge is 0.437 e. The molecule has 0 fully saturated rings. The van der Waals surface area contributed by atoms with Crippen LogP contribution in [0.5, 0.6) is 11.6 Å². The van der Waals surface area contributed by atoms with Crippen molar-refractivity contribution >= 4 is 21.7 Å². The lowest BCUT2D eigenvalue weighted by Crippen LogP contribution is -2.10. The van der Waals surface area contributed by atoms with Crippen molar-refractivity contribution in [2.24, 2.45) is 5.84 Å². The molecule has 6 heteroatoms. The Bertz CT molecular complexity index is 574. The molecule has 0 saturated heterocycles. The Hall–Kier alpha value is -1.66. The third kappa shape index (κ3) is 2.60.